The Morgan fingerprint density at radius 1 is 1.33 bits per heavy atom. The summed E-state index contributed by atoms with van der Waals surface area (Å²) < 4.78 is 5.26. The number of rotatable bonds is 11. The lowest BCUT2D eigenvalue weighted by Crippen LogP contribution is -2.51. The Labute approximate surface area is 130 Å². The van der Waals surface area contributed by atoms with Gasteiger partial charge < -0.3 is 9.64 Å². The van der Waals surface area contributed by atoms with Gasteiger partial charge in [0.25, 0.3) is 0 Å². The van der Waals surface area contributed by atoms with Crippen LogP contribution in [0, 0.1) is 0 Å². The Balaban J connectivity index is 2.40. The molecule has 1 fully saturated rings. The van der Waals surface area contributed by atoms with Crippen molar-refractivity contribution < 1.29 is 9.53 Å². The highest BCUT2D eigenvalue weighted by Crippen LogP contribution is 2.26. The van der Waals surface area contributed by atoms with Gasteiger partial charge in [-0.3, -0.25) is 10.1 Å². The van der Waals surface area contributed by atoms with Crippen LogP contribution in [0.4, 0.5) is 0 Å². The molecule has 0 aromatic rings. The highest BCUT2D eigenvalue weighted by Gasteiger charge is 2.39. The van der Waals surface area contributed by atoms with Crippen LogP contribution in [0.5, 0.6) is 0 Å². The standard InChI is InChI=1S/C17H34N2O2/c1-6-19(14(3)4)13-9-8-12-17(5,16(20)21-7-2)18-15-10-11-15/h14-15,18H,6-13H2,1-5H3. The van der Waals surface area contributed by atoms with Gasteiger partial charge in [0.15, 0.2) is 0 Å². The summed E-state index contributed by atoms with van der Waals surface area (Å²) in [6.07, 6.45) is 5.42. The van der Waals surface area contributed by atoms with Gasteiger partial charge in [-0.25, -0.2) is 0 Å². The lowest BCUT2D eigenvalue weighted by atomic mass is 9.94. The molecule has 1 unspecified atom stereocenters. The first kappa shape index (κ1) is 18.4. The van der Waals surface area contributed by atoms with Gasteiger partial charge in [-0.1, -0.05) is 6.92 Å². The molecule has 0 aliphatic heterocycles. The minimum Gasteiger partial charge on any atom is -0.465 e. The molecule has 0 aromatic carbocycles. The summed E-state index contributed by atoms with van der Waals surface area (Å²) in [5, 5.41) is 3.49. The van der Waals surface area contributed by atoms with E-state index >= 15 is 0 Å². The minimum atomic E-state index is -0.508. The largest absolute Gasteiger partial charge is 0.465 e. The van der Waals surface area contributed by atoms with E-state index in [-0.39, 0.29) is 5.97 Å². The summed E-state index contributed by atoms with van der Waals surface area (Å²) in [4.78, 5) is 14.7. The fourth-order valence-electron chi connectivity index (χ4n) is 2.78. The zero-order chi connectivity index (χ0) is 15.9. The van der Waals surface area contributed by atoms with Crippen LogP contribution in [0.25, 0.3) is 0 Å². The maximum Gasteiger partial charge on any atom is 0.326 e. The second-order valence-electron chi connectivity index (χ2n) is 6.65. The molecule has 21 heavy (non-hydrogen) atoms. The van der Waals surface area contributed by atoms with E-state index < -0.39 is 5.54 Å². The number of nitrogens with one attached hydrogen (secondary N) is 1. The van der Waals surface area contributed by atoms with Gasteiger partial charge in [-0.2, -0.15) is 0 Å². The van der Waals surface area contributed by atoms with Crippen LogP contribution in [0.2, 0.25) is 0 Å². The maximum atomic E-state index is 12.2. The molecule has 4 nitrogen and oxygen atoms in total. The third-order valence-electron chi connectivity index (χ3n) is 4.33. The van der Waals surface area contributed by atoms with E-state index in [1.165, 1.54) is 12.8 Å². The molecule has 1 N–H and O–H groups in total. The summed E-state index contributed by atoms with van der Waals surface area (Å²) in [5.41, 5.74) is -0.508. The molecule has 1 atom stereocenters. The molecular weight excluding hydrogens is 264 g/mol. The number of hydrogen-bond acceptors (Lipinski definition) is 4. The van der Waals surface area contributed by atoms with Crippen LogP contribution >= 0.6 is 0 Å². The fourth-order valence-corrected chi connectivity index (χ4v) is 2.78. The SMILES string of the molecule is CCOC(=O)C(C)(CCCCN(CC)C(C)C)NC1CC1. The Morgan fingerprint density at radius 3 is 2.48 bits per heavy atom. The zero-order valence-corrected chi connectivity index (χ0v) is 14.6. The van der Waals surface area contributed by atoms with Crippen LogP contribution in [0.1, 0.15) is 66.7 Å². The summed E-state index contributed by atoms with van der Waals surface area (Å²) in [7, 11) is 0. The van der Waals surface area contributed by atoms with Crippen molar-refractivity contribution in [2.45, 2.75) is 84.3 Å². The third kappa shape index (κ3) is 6.35. The fraction of sp³-hybridized carbons (Fsp3) is 0.941. The lowest BCUT2D eigenvalue weighted by molar-refractivity contribution is -0.151. The Bertz CT molecular complexity index is 316. The second kappa shape index (κ2) is 8.74. The zero-order valence-electron chi connectivity index (χ0n) is 14.6. The predicted molar refractivity (Wildman–Crippen MR) is 87.4 cm³/mol. The summed E-state index contributed by atoms with van der Waals surface area (Å²) in [6, 6.07) is 1.11. The molecular formula is C17H34N2O2. The molecule has 0 saturated heterocycles. The van der Waals surface area contributed by atoms with Crippen molar-refractivity contribution in [1.29, 1.82) is 0 Å². The van der Waals surface area contributed by atoms with Crippen LogP contribution in [-0.4, -0.2) is 48.2 Å². The molecule has 0 amide bonds. The molecule has 1 aliphatic rings. The molecule has 1 saturated carbocycles. The van der Waals surface area contributed by atoms with Gasteiger partial charge in [0.1, 0.15) is 5.54 Å². The first-order valence-electron chi connectivity index (χ1n) is 8.62. The van der Waals surface area contributed by atoms with Crippen molar-refractivity contribution in [3.05, 3.63) is 0 Å². The molecule has 4 heteroatoms. The van der Waals surface area contributed by atoms with Crippen LogP contribution < -0.4 is 5.32 Å². The van der Waals surface area contributed by atoms with Gasteiger partial charge >= 0.3 is 5.97 Å². The average Bonchev–Trinajstić information content (AvgIpc) is 3.22. The normalized spacial score (nSPS) is 18.0. The Morgan fingerprint density at radius 2 is 2.00 bits per heavy atom. The predicted octanol–water partition coefficient (Wildman–Crippen LogP) is 2.96. The number of carbonyl (C=O) groups excluding carboxylic acids is 1. The summed E-state index contributed by atoms with van der Waals surface area (Å²) >= 11 is 0. The van der Waals surface area contributed by atoms with Crippen molar-refractivity contribution in [3.8, 4) is 0 Å². The number of esters is 1. The Hall–Kier alpha value is -0.610. The first-order valence-corrected chi connectivity index (χ1v) is 8.62. The van der Waals surface area contributed by atoms with Crippen molar-refractivity contribution in [2.24, 2.45) is 0 Å². The highest BCUT2D eigenvalue weighted by atomic mass is 16.5. The Kier molecular flexibility index (Phi) is 7.67. The van der Waals surface area contributed by atoms with Crippen molar-refractivity contribution in [2.75, 3.05) is 19.7 Å². The van der Waals surface area contributed by atoms with E-state index in [1.807, 2.05) is 13.8 Å². The summed E-state index contributed by atoms with van der Waals surface area (Å²) in [5.74, 6) is -0.0897. The molecule has 1 rings (SSSR count). The second-order valence-corrected chi connectivity index (χ2v) is 6.65. The number of unbranched alkanes of at least 4 members (excludes halogenated alkanes) is 1. The molecule has 0 radical (unpaired) electrons. The average molecular weight is 298 g/mol. The van der Waals surface area contributed by atoms with E-state index in [2.05, 4.69) is 31.0 Å². The van der Waals surface area contributed by atoms with Gasteiger partial charge in [0.2, 0.25) is 0 Å². The molecule has 0 aromatic heterocycles. The van der Waals surface area contributed by atoms with Gasteiger partial charge in [0, 0.05) is 12.1 Å². The van der Waals surface area contributed by atoms with Crippen molar-refractivity contribution in [1.82, 2.24) is 10.2 Å². The van der Waals surface area contributed by atoms with Crippen molar-refractivity contribution >= 4 is 5.97 Å². The van der Waals surface area contributed by atoms with Gasteiger partial charge in [-0.05, 0) is 72.9 Å². The monoisotopic (exact) mass is 298 g/mol. The van der Waals surface area contributed by atoms with E-state index in [0.29, 0.717) is 18.7 Å². The molecule has 0 bridgehead atoms. The number of carbonyl (C=O) groups is 1. The minimum absolute atomic E-state index is 0.0897. The summed E-state index contributed by atoms with van der Waals surface area (Å²) in [6.45, 7) is 13.2. The molecule has 124 valence electrons. The number of nitrogens with zero attached hydrogens (tertiary/aromatic N) is 1. The maximum absolute atomic E-state index is 12.2. The van der Waals surface area contributed by atoms with Crippen LogP contribution in [-0.2, 0) is 9.53 Å². The number of ether oxygens (including phenoxy) is 1. The van der Waals surface area contributed by atoms with Crippen LogP contribution in [0.3, 0.4) is 0 Å². The highest BCUT2D eigenvalue weighted by molar-refractivity contribution is 5.80. The third-order valence-corrected chi connectivity index (χ3v) is 4.33. The van der Waals surface area contributed by atoms with E-state index in [9.17, 15) is 4.79 Å². The molecule has 0 spiro atoms. The quantitative estimate of drug-likeness (QED) is 0.470. The first-order chi connectivity index (χ1) is 9.92. The van der Waals surface area contributed by atoms with E-state index in [4.69, 9.17) is 4.74 Å². The smallest absolute Gasteiger partial charge is 0.326 e. The van der Waals surface area contributed by atoms with Gasteiger partial charge in [0.05, 0.1) is 6.61 Å². The number of hydrogen-bond donors (Lipinski definition) is 1. The van der Waals surface area contributed by atoms with E-state index in [0.717, 1.165) is 32.4 Å². The van der Waals surface area contributed by atoms with Gasteiger partial charge in [-0.15, -0.1) is 0 Å². The van der Waals surface area contributed by atoms with E-state index in [1.54, 1.807) is 0 Å². The van der Waals surface area contributed by atoms with Crippen molar-refractivity contribution in [3.63, 3.8) is 0 Å². The molecule has 0 heterocycles. The lowest BCUT2D eigenvalue weighted by Gasteiger charge is -2.29. The van der Waals surface area contributed by atoms with Crippen LogP contribution in [0.15, 0.2) is 0 Å². The molecule has 1 aliphatic carbocycles. The topological polar surface area (TPSA) is 41.6 Å².